The summed E-state index contributed by atoms with van der Waals surface area (Å²) in [4.78, 5) is 0. The van der Waals surface area contributed by atoms with Crippen molar-refractivity contribution in [1.29, 1.82) is 0 Å². The van der Waals surface area contributed by atoms with Gasteiger partial charge in [0.25, 0.3) is 0 Å². The van der Waals surface area contributed by atoms with Gasteiger partial charge in [0.2, 0.25) is 0 Å². The first-order valence-corrected chi connectivity index (χ1v) is 8.44. The zero-order chi connectivity index (χ0) is 16.8. The third-order valence-electron chi connectivity index (χ3n) is 3.06. The molecule has 23 heavy (non-hydrogen) atoms. The average molecular weight is 375 g/mol. The minimum atomic E-state index is 0.516. The topological polar surface area (TPSA) is 30.5 Å². The molecular weight excluding hydrogens is 357 g/mol. The lowest BCUT2D eigenvalue weighted by molar-refractivity contribution is 0.287. The third-order valence-corrected chi connectivity index (χ3v) is 3.85. The van der Waals surface area contributed by atoms with Gasteiger partial charge in [0, 0.05) is 33.4 Å². The highest BCUT2D eigenvalue weighted by Crippen LogP contribution is 2.34. The average Bonchev–Trinajstić information content (AvgIpc) is 2.48. The fourth-order valence-corrected chi connectivity index (χ4v) is 2.85. The summed E-state index contributed by atoms with van der Waals surface area (Å²) < 4.78 is 11.2. The van der Waals surface area contributed by atoms with Gasteiger partial charge in [0.1, 0.15) is 0 Å². The summed E-state index contributed by atoms with van der Waals surface area (Å²) in [6.07, 6.45) is 0. The number of nitrogens with one attached hydrogen (secondary N) is 1. The number of halogens is 3. The van der Waals surface area contributed by atoms with Crippen molar-refractivity contribution in [1.82, 2.24) is 0 Å². The lowest BCUT2D eigenvalue weighted by Crippen LogP contribution is -2.03. The Morgan fingerprint density at radius 3 is 1.96 bits per heavy atom. The first-order valence-electron chi connectivity index (χ1n) is 7.31. The normalized spacial score (nSPS) is 10.5. The van der Waals surface area contributed by atoms with Crippen molar-refractivity contribution in [3.63, 3.8) is 0 Å². The lowest BCUT2D eigenvalue weighted by Gasteiger charge is -2.15. The number of rotatable bonds is 7. The van der Waals surface area contributed by atoms with E-state index in [4.69, 9.17) is 44.3 Å². The Hall–Kier alpha value is -1.29. The molecule has 0 bridgehead atoms. The van der Waals surface area contributed by atoms with Crippen molar-refractivity contribution in [3.8, 4) is 11.5 Å². The zero-order valence-electron chi connectivity index (χ0n) is 13.0. The van der Waals surface area contributed by atoms with E-state index in [2.05, 4.69) is 5.32 Å². The second kappa shape index (κ2) is 8.53. The van der Waals surface area contributed by atoms with Crippen LogP contribution in [0.15, 0.2) is 30.3 Å². The predicted molar refractivity (Wildman–Crippen MR) is 97.6 cm³/mol. The van der Waals surface area contributed by atoms with Crippen LogP contribution in [-0.2, 0) is 6.54 Å². The van der Waals surface area contributed by atoms with Crippen molar-refractivity contribution in [2.45, 2.75) is 20.4 Å². The Kier molecular flexibility index (Phi) is 6.70. The molecule has 0 aliphatic rings. The molecule has 0 heterocycles. The zero-order valence-corrected chi connectivity index (χ0v) is 15.2. The minimum absolute atomic E-state index is 0.516. The molecular formula is C17H18Cl3NO2. The van der Waals surface area contributed by atoms with Gasteiger partial charge in [-0.2, -0.15) is 0 Å². The maximum Gasteiger partial charge on any atom is 0.162 e. The van der Waals surface area contributed by atoms with Crippen molar-refractivity contribution < 1.29 is 9.47 Å². The van der Waals surface area contributed by atoms with Gasteiger partial charge in [0.05, 0.1) is 13.2 Å². The van der Waals surface area contributed by atoms with Crippen LogP contribution in [0.3, 0.4) is 0 Å². The molecule has 1 N–H and O–H groups in total. The first kappa shape index (κ1) is 18.1. The van der Waals surface area contributed by atoms with Crippen molar-refractivity contribution >= 4 is 40.5 Å². The Labute approximate surface area is 151 Å². The van der Waals surface area contributed by atoms with Gasteiger partial charge in [-0.05, 0) is 43.7 Å². The van der Waals surface area contributed by atoms with E-state index in [1.54, 1.807) is 24.3 Å². The number of anilines is 1. The summed E-state index contributed by atoms with van der Waals surface area (Å²) in [5, 5.41) is 5.02. The highest BCUT2D eigenvalue weighted by atomic mass is 35.5. The van der Waals surface area contributed by atoms with Gasteiger partial charge >= 0.3 is 0 Å². The molecule has 124 valence electrons. The summed E-state index contributed by atoms with van der Waals surface area (Å²) in [7, 11) is 0. The van der Waals surface area contributed by atoms with E-state index in [9.17, 15) is 0 Å². The molecule has 2 aromatic rings. The molecule has 0 saturated carbocycles. The molecule has 0 aliphatic heterocycles. The molecule has 0 unspecified atom stereocenters. The Morgan fingerprint density at radius 1 is 0.826 bits per heavy atom. The van der Waals surface area contributed by atoms with E-state index in [0.717, 1.165) is 11.3 Å². The van der Waals surface area contributed by atoms with Crippen LogP contribution in [-0.4, -0.2) is 13.2 Å². The SMILES string of the molecule is CCOc1cc(Cl)c(CNc2cc(Cl)cc(Cl)c2)cc1OCC. The third kappa shape index (κ3) is 5.10. The van der Waals surface area contributed by atoms with Crippen LogP contribution in [0.4, 0.5) is 5.69 Å². The fourth-order valence-electron chi connectivity index (χ4n) is 2.10. The second-order valence-corrected chi connectivity index (χ2v) is 6.05. The molecule has 0 aliphatic carbocycles. The standard InChI is InChI=1S/C17H18Cl3NO2/c1-3-22-16-5-11(15(20)9-17(16)23-4-2)10-21-14-7-12(18)6-13(19)8-14/h5-9,21H,3-4,10H2,1-2H3. The van der Waals surface area contributed by atoms with Crippen LogP contribution >= 0.6 is 34.8 Å². The summed E-state index contributed by atoms with van der Waals surface area (Å²) in [5.74, 6) is 1.33. The highest BCUT2D eigenvalue weighted by molar-refractivity contribution is 6.35. The summed E-state index contributed by atoms with van der Waals surface area (Å²) in [6, 6.07) is 8.96. The maximum absolute atomic E-state index is 6.34. The quantitative estimate of drug-likeness (QED) is 0.639. The van der Waals surface area contributed by atoms with E-state index >= 15 is 0 Å². The second-order valence-electron chi connectivity index (χ2n) is 4.77. The van der Waals surface area contributed by atoms with E-state index < -0.39 is 0 Å². The molecule has 0 fully saturated rings. The van der Waals surface area contributed by atoms with Crippen LogP contribution in [0.1, 0.15) is 19.4 Å². The van der Waals surface area contributed by atoms with Crippen LogP contribution in [0, 0.1) is 0 Å². The monoisotopic (exact) mass is 373 g/mol. The fraction of sp³-hybridized carbons (Fsp3) is 0.294. The summed E-state index contributed by atoms with van der Waals surface area (Å²) in [5.41, 5.74) is 1.72. The first-order chi connectivity index (χ1) is 11.0. The van der Waals surface area contributed by atoms with Gasteiger partial charge in [-0.3, -0.25) is 0 Å². The van der Waals surface area contributed by atoms with Crippen molar-refractivity contribution in [3.05, 3.63) is 51.0 Å². The molecule has 6 heteroatoms. The highest BCUT2D eigenvalue weighted by Gasteiger charge is 2.11. The summed E-state index contributed by atoms with van der Waals surface area (Å²) >= 11 is 18.3. The number of benzene rings is 2. The Morgan fingerprint density at radius 2 is 1.39 bits per heavy atom. The van der Waals surface area contributed by atoms with E-state index in [1.165, 1.54) is 0 Å². The van der Waals surface area contributed by atoms with Gasteiger partial charge in [-0.25, -0.2) is 0 Å². The molecule has 2 rings (SSSR count). The Balaban J connectivity index is 2.20. The molecule has 0 aromatic heterocycles. The largest absolute Gasteiger partial charge is 0.490 e. The van der Waals surface area contributed by atoms with Gasteiger partial charge < -0.3 is 14.8 Å². The maximum atomic E-state index is 6.34. The van der Waals surface area contributed by atoms with Crippen LogP contribution in [0.2, 0.25) is 15.1 Å². The van der Waals surface area contributed by atoms with E-state index in [0.29, 0.717) is 46.3 Å². The molecule has 0 saturated heterocycles. The van der Waals surface area contributed by atoms with Crippen molar-refractivity contribution in [2.24, 2.45) is 0 Å². The van der Waals surface area contributed by atoms with E-state index in [-0.39, 0.29) is 0 Å². The van der Waals surface area contributed by atoms with Gasteiger partial charge in [-0.15, -0.1) is 0 Å². The number of hydrogen-bond acceptors (Lipinski definition) is 3. The molecule has 0 atom stereocenters. The van der Waals surface area contributed by atoms with Crippen molar-refractivity contribution in [2.75, 3.05) is 18.5 Å². The van der Waals surface area contributed by atoms with Gasteiger partial charge in [-0.1, -0.05) is 34.8 Å². The molecule has 0 amide bonds. The summed E-state index contributed by atoms with van der Waals surface area (Å²) in [6.45, 7) is 5.47. The smallest absolute Gasteiger partial charge is 0.162 e. The van der Waals surface area contributed by atoms with Gasteiger partial charge in [0.15, 0.2) is 11.5 Å². The molecule has 2 aromatic carbocycles. The predicted octanol–water partition coefficient (Wildman–Crippen LogP) is 6.06. The van der Waals surface area contributed by atoms with Crippen LogP contribution < -0.4 is 14.8 Å². The van der Waals surface area contributed by atoms with Crippen LogP contribution in [0.5, 0.6) is 11.5 Å². The Bertz CT molecular complexity index is 657. The minimum Gasteiger partial charge on any atom is -0.490 e. The number of ether oxygens (including phenoxy) is 2. The molecule has 0 radical (unpaired) electrons. The van der Waals surface area contributed by atoms with E-state index in [1.807, 2.05) is 19.9 Å². The lowest BCUT2D eigenvalue weighted by atomic mass is 10.2. The number of hydrogen-bond donors (Lipinski definition) is 1. The molecule has 3 nitrogen and oxygen atoms in total. The van der Waals surface area contributed by atoms with Crippen LogP contribution in [0.25, 0.3) is 0 Å². The molecule has 0 spiro atoms.